The quantitative estimate of drug-likeness (QED) is 0.723. The summed E-state index contributed by atoms with van der Waals surface area (Å²) in [4.78, 5) is 42.9. The number of nitrogens with zero attached hydrogens (tertiary/aromatic N) is 3. The molecule has 148 valence electrons. The lowest BCUT2D eigenvalue weighted by molar-refractivity contribution is -0.128. The maximum Gasteiger partial charge on any atom is 0.270 e. The van der Waals surface area contributed by atoms with Crippen molar-refractivity contribution in [2.24, 2.45) is 0 Å². The number of pyridine rings is 1. The summed E-state index contributed by atoms with van der Waals surface area (Å²) in [5.41, 5.74) is 3.01. The molecular formula is C22H22N4O3. The minimum Gasteiger partial charge on any atom is -0.348 e. The van der Waals surface area contributed by atoms with Crippen LogP contribution in [0.4, 0.5) is 0 Å². The van der Waals surface area contributed by atoms with E-state index in [4.69, 9.17) is 0 Å². The Balaban J connectivity index is 1.42. The monoisotopic (exact) mass is 390 g/mol. The first-order chi connectivity index (χ1) is 14.0. The Hall–Kier alpha value is -3.48. The predicted molar refractivity (Wildman–Crippen MR) is 108 cm³/mol. The van der Waals surface area contributed by atoms with Crippen molar-refractivity contribution in [3.63, 3.8) is 0 Å². The number of amides is 2. The van der Waals surface area contributed by atoms with Crippen LogP contribution in [0.3, 0.4) is 0 Å². The normalized spacial score (nSPS) is 13.8. The predicted octanol–water partition coefficient (Wildman–Crippen LogP) is 2.06. The summed E-state index contributed by atoms with van der Waals surface area (Å²) in [6, 6.07) is 11.4. The van der Waals surface area contributed by atoms with E-state index in [2.05, 4.69) is 10.3 Å². The third-order valence-electron chi connectivity index (χ3n) is 5.19. The van der Waals surface area contributed by atoms with E-state index in [1.54, 1.807) is 12.3 Å². The van der Waals surface area contributed by atoms with Gasteiger partial charge in [-0.3, -0.25) is 18.8 Å². The van der Waals surface area contributed by atoms with Crippen LogP contribution in [0.5, 0.6) is 0 Å². The van der Waals surface area contributed by atoms with Crippen molar-refractivity contribution in [2.75, 3.05) is 6.54 Å². The number of fused-ring (bicyclic) bond motifs is 1. The zero-order chi connectivity index (χ0) is 20.4. The largest absolute Gasteiger partial charge is 0.348 e. The molecule has 1 aliphatic heterocycles. The van der Waals surface area contributed by atoms with Crippen molar-refractivity contribution in [2.45, 2.75) is 32.9 Å². The van der Waals surface area contributed by atoms with Crippen molar-refractivity contribution in [3.05, 3.63) is 81.4 Å². The van der Waals surface area contributed by atoms with Crippen LogP contribution < -0.4 is 10.9 Å². The lowest BCUT2D eigenvalue weighted by atomic mass is 10.1. The molecule has 3 heterocycles. The van der Waals surface area contributed by atoms with Crippen molar-refractivity contribution in [1.29, 1.82) is 0 Å². The van der Waals surface area contributed by atoms with E-state index in [0.717, 1.165) is 29.7 Å². The van der Waals surface area contributed by atoms with Crippen LogP contribution in [0.25, 0.3) is 5.65 Å². The Morgan fingerprint density at radius 2 is 1.90 bits per heavy atom. The molecule has 2 amide bonds. The summed E-state index contributed by atoms with van der Waals surface area (Å²) in [7, 11) is 0. The average Bonchev–Trinajstić information content (AvgIpc) is 3.12. The van der Waals surface area contributed by atoms with Crippen LogP contribution in [0.1, 0.15) is 39.9 Å². The fourth-order valence-electron chi connectivity index (χ4n) is 3.53. The molecule has 2 aromatic heterocycles. The van der Waals surface area contributed by atoms with E-state index in [1.165, 1.54) is 10.6 Å². The third kappa shape index (κ3) is 3.89. The molecule has 1 N–H and O–H groups in total. The lowest BCUT2D eigenvalue weighted by Crippen LogP contribution is -2.31. The molecule has 0 radical (unpaired) electrons. The number of rotatable bonds is 5. The third-order valence-corrected chi connectivity index (χ3v) is 5.19. The van der Waals surface area contributed by atoms with Crippen LogP contribution in [-0.2, 0) is 17.9 Å². The number of carbonyl (C=O) groups is 2. The second-order valence-electron chi connectivity index (χ2n) is 7.28. The number of aryl methyl sites for hydroxylation is 1. The highest BCUT2D eigenvalue weighted by Gasteiger charge is 2.20. The molecule has 0 aliphatic carbocycles. The van der Waals surface area contributed by atoms with Gasteiger partial charge in [-0.15, -0.1) is 0 Å². The van der Waals surface area contributed by atoms with Gasteiger partial charge in [-0.1, -0.05) is 30.3 Å². The van der Waals surface area contributed by atoms with Gasteiger partial charge in [0.2, 0.25) is 5.91 Å². The minimum absolute atomic E-state index is 0.0114. The molecule has 3 aromatic rings. The van der Waals surface area contributed by atoms with Gasteiger partial charge in [-0.2, -0.15) is 0 Å². The van der Waals surface area contributed by atoms with Gasteiger partial charge in [-0.05, 0) is 36.1 Å². The van der Waals surface area contributed by atoms with Crippen LogP contribution in [0.2, 0.25) is 0 Å². The first kappa shape index (κ1) is 18.9. The van der Waals surface area contributed by atoms with Gasteiger partial charge in [0, 0.05) is 38.4 Å². The molecular weight excluding hydrogens is 368 g/mol. The minimum atomic E-state index is -0.454. The van der Waals surface area contributed by atoms with Gasteiger partial charge >= 0.3 is 0 Å². The average molecular weight is 390 g/mol. The number of benzene rings is 1. The van der Waals surface area contributed by atoms with Crippen molar-refractivity contribution in [1.82, 2.24) is 19.6 Å². The van der Waals surface area contributed by atoms with E-state index in [0.29, 0.717) is 25.2 Å². The maximum absolute atomic E-state index is 12.6. The fraction of sp³-hybridized carbons (Fsp3) is 0.273. The standard InChI is InChI=1S/C22H22N4O3/c1-15-4-2-11-26-20(15)23-13-18(22(26)29)21(28)24-12-16-6-8-17(9-7-16)14-25-10-3-5-19(25)27/h2,4,6-9,11,13H,3,5,10,12,14H2,1H3,(H,24,28). The van der Waals surface area contributed by atoms with Crippen molar-refractivity contribution >= 4 is 17.5 Å². The summed E-state index contributed by atoms with van der Waals surface area (Å²) in [6.45, 7) is 3.60. The lowest BCUT2D eigenvalue weighted by Gasteiger charge is -2.15. The van der Waals surface area contributed by atoms with Gasteiger partial charge < -0.3 is 10.2 Å². The molecule has 0 atom stereocenters. The molecule has 29 heavy (non-hydrogen) atoms. The summed E-state index contributed by atoms with van der Waals surface area (Å²) in [5.74, 6) is -0.253. The fourth-order valence-corrected chi connectivity index (χ4v) is 3.53. The summed E-state index contributed by atoms with van der Waals surface area (Å²) >= 11 is 0. The Bertz CT molecular complexity index is 1130. The highest BCUT2D eigenvalue weighted by Crippen LogP contribution is 2.15. The molecule has 0 spiro atoms. The summed E-state index contributed by atoms with van der Waals surface area (Å²) in [6.07, 6.45) is 4.49. The number of hydrogen-bond donors (Lipinski definition) is 1. The van der Waals surface area contributed by atoms with Crippen LogP contribution >= 0.6 is 0 Å². The Labute approximate surface area is 168 Å². The smallest absolute Gasteiger partial charge is 0.270 e. The van der Waals surface area contributed by atoms with Gasteiger partial charge in [0.1, 0.15) is 11.2 Å². The molecule has 1 aromatic carbocycles. The molecule has 0 saturated carbocycles. The zero-order valence-corrected chi connectivity index (χ0v) is 16.2. The molecule has 4 rings (SSSR count). The second kappa shape index (κ2) is 7.87. The maximum atomic E-state index is 12.6. The SMILES string of the molecule is Cc1cccn2c(=O)c(C(=O)NCc3ccc(CN4CCCC4=O)cc3)cnc12. The Morgan fingerprint density at radius 3 is 2.62 bits per heavy atom. The summed E-state index contributed by atoms with van der Waals surface area (Å²) < 4.78 is 1.39. The molecule has 1 saturated heterocycles. The topological polar surface area (TPSA) is 83.8 Å². The number of likely N-dealkylation sites (tertiary alicyclic amines) is 1. The van der Waals surface area contributed by atoms with Gasteiger partial charge in [0.05, 0.1) is 0 Å². The van der Waals surface area contributed by atoms with Crippen LogP contribution in [0.15, 0.2) is 53.6 Å². The Kier molecular flexibility index (Phi) is 5.12. The first-order valence-corrected chi connectivity index (χ1v) is 9.64. The van der Waals surface area contributed by atoms with Crippen LogP contribution in [-0.4, -0.2) is 32.6 Å². The van der Waals surface area contributed by atoms with E-state index in [9.17, 15) is 14.4 Å². The first-order valence-electron chi connectivity index (χ1n) is 9.64. The van der Waals surface area contributed by atoms with Crippen molar-refractivity contribution in [3.8, 4) is 0 Å². The molecule has 0 unspecified atom stereocenters. The highest BCUT2D eigenvalue weighted by molar-refractivity contribution is 5.93. The van der Waals surface area contributed by atoms with E-state index in [-0.39, 0.29) is 17.0 Å². The van der Waals surface area contributed by atoms with Gasteiger partial charge in [0.25, 0.3) is 11.5 Å². The number of carbonyl (C=O) groups excluding carboxylic acids is 2. The van der Waals surface area contributed by atoms with Crippen molar-refractivity contribution < 1.29 is 9.59 Å². The summed E-state index contributed by atoms with van der Waals surface area (Å²) in [5, 5.41) is 2.78. The number of nitrogens with one attached hydrogen (secondary N) is 1. The second-order valence-corrected chi connectivity index (χ2v) is 7.28. The van der Waals surface area contributed by atoms with E-state index >= 15 is 0 Å². The number of aromatic nitrogens is 2. The zero-order valence-electron chi connectivity index (χ0n) is 16.2. The van der Waals surface area contributed by atoms with Gasteiger partial charge in [0.15, 0.2) is 0 Å². The molecule has 0 bridgehead atoms. The highest BCUT2D eigenvalue weighted by atomic mass is 16.2. The number of hydrogen-bond acceptors (Lipinski definition) is 4. The molecule has 7 heteroatoms. The molecule has 7 nitrogen and oxygen atoms in total. The van der Waals surface area contributed by atoms with Crippen LogP contribution in [0, 0.1) is 6.92 Å². The van der Waals surface area contributed by atoms with Gasteiger partial charge in [-0.25, -0.2) is 4.98 Å². The van der Waals surface area contributed by atoms with E-state index < -0.39 is 5.91 Å². The Morgan fingerprint density at radius 1 is 1.14 bits per heavy atom. The molecule has 1 aliphatic rings. The molecule has 1 fully saturated rings. The van der Waals surface area contributed by atoms with E-state index in [1.807, 2.05) is 42.2 Å².